The predicted molar refractivity (Wildman–Crippen MR) is 114 cm³/mol. The molecule has 1 atom stereocenters. The molecular weight excluding hydrogens is 477 g/mol. The van der Waals surface area contributed by atoms with Gasteiger partial charge in [0.2, 0.25) is 5.91 Å². The molecule has 7 heteroatoms. The highest BCUT2D eigenvalue weighted by Gasteiger charge is 2.46. The lowest BCUT2D eigenvalue weighted by Gasteiger charge is -2.35. The zero-order valence-corrected chi connectivity index (χ0v) is 17.6. The fourth-order valence-corrected chi connectivity index (χ4v) is 4.35. The molecular formula is C20H20ClIN3O2+. The minimum Gasteiger partial charge on any atom is -0.360 e. The van der Waals surface area contributed by atoms with Crippen molar-refractivity contribution in [2.75, 3.05) is 36.0 Å². The maximum absolute atomic E-state index is 12.9. The number of anilines is 2. The molecule has 4 rings (SSSR count). The summed E-state index contributed by atoms with van der Waals surface area (Å²) in [7, 11) is 0. The van der Waals surface area contributed by atoms with Crippen LogP contribution in [-0.2, 0) is 9.59 Å². The number of hydrogen-bond acceptors (Lipinski definition) is 3. The molecule has 0 radical (unpaired) electrons. The fraction of sp³-hybridized carbons (Fsp3) is 0.300. The van der Waals surface area contributed by atoms with Crippen molar-refractivity contribution in [1.82, 2.24) is 0 Å². The summed E-state index contributed by atoms with van der Waals surface area (Å²) in [6.07, 6.45) is 0.293. The third-order valence-electron chi connectivity index (χ3n) is 5.32. The summed E-state index contributed by atoms with van der Waals surface area (Å²) in [5.41, 5.74) is 1.82. The van der Waals surface area contributed by atoms with E-state index in [4.69, 9.17) is 11.6 Å². The normalized spacial score (nSPS) is 21.2. The smallest absolute Gasteiger partial charge is 0.292 e. The van der Waals surface area contributed by atoms with Gasteiger partial charge in [0, 0.05) is 14.3 Å². The first kappa shape index (κ1) is 18.7. The van der Waals surface area contributed by atoms with Crippen LogP contribution in [-0.4, -0.2) is 44.0 Å². The van der Waals surface area contributed by atoms with Crippen LogP contribution in [0.3, 0.4) is 0 Å². The Morgan fingerprint density at radius 2 is 1.52 bits per heavy atom. The first-order valence-corrected chi connectivity index (χ1v) is 10.5. The van der Waals surface area contributed by atoms with Gasteiger partial charge in [0.15, 0.2) is 6.04 Å². The number of nitrogens with zero attached hydrogens (tertiary/aromatic N) is 2. The van der Waals surface area contributed by atoms with Crippen molar-refractivity contribution in [3.05, 3.63) is 57.1 Å². The summed E-state index contributed by atoms with van der Waals surface area (Å²) in [4.78, 5) is 30.3. The summed E-state index contributed by atoms with van der Waals surface area (Å²) in [6.45, 7) is 3.40. The highest BCUT2D eigenvalue weighted by molar-refractivity contribution is 14.1. The van der Waals surface area contributed by atoms with Gasteiger partial charge in [0.25, 0.3) is 5.91 Å². The van der Waals surface area contributed by atoms with E-state index in [0.717, 1.165) is 40.5 Å². The maximum atomic E-state index is 12.9. The molecule has 2 aromatic rings. The molecule has 0 aliphatic carbocycles. The van der Waals surface area contributed by atoms with Crippen LogP contribution < -0.4 is 14.7 Å². The van der Waals surface area contributed by atoms with Gasteiger partial charge >= 0.3 is 0 Å². The summed E-state index contributed by atoms with van der Waals surface area (Å²) in [5.74, 6) is -0.171. The monoisotopic (exact) mass is 496 g/mol. The van der Waals surface area contributed by atoms with E-state index >= 15 is 0 Å². The van der Waals surface area contributed by atoms with Gasteiger partial charge in [-0.1, -0.05) is 11.6 Å². The minimum atomic E-state index is -0.274. The Morgan fingerprint density at radius 3 is 2.15 bits per heavy atom. The Hall–Kier alpha value is -1.64. The molecule has 0 spiro atoms. The van der Waals surface area contributed by atoms with Crippen molar-refractivity contribution in [2.24, 2.45) is 0 Å². The third-order valence-corrected chi connectivity index (χ3v) is 6.29. The molecule has 27 heavy (non-hydrogen) atoms. The van der Waals surface area contributed by atoms with E-state index in [2.05, 4.69) is 27.5 Å². The molecule has 0 unspecified atom stereocenters. The molecule has 2 fully saturated rings. The summed E-state index contributed by atoms with van der Waals surface area (Å²) < 4.78 is 1.08. The second-order valence-electron chi connectivity index (χ2n) is 6.92. The molecule has 2 aliphatic heterocycles. The van der Waals surface area contributed by atoms with Crippen LogP contribution in [0.25, 0.3) is 0 Å². The Morgan fingerprint density at radius 1 is 0.926 bits per heavy atom. The second kappa shape index (κ2) is 7.77. The number of carbonyl (C=O) groups excluding carboxylic acids is 2. The zero-order chi connectivity index (χ0) is 19.0. The Kier molecular flexibility index (Phi) is 5.39. The van der Waals surface area contributed by atoms with Crippen molar-refractivity contribution in [2.45, 2.75) is 12.5 Å². The second-order valence-corrected chi connectivity index (χ2v) is 8.60. The minimum absolute atomic E-state index is 0.0730. The van der Waals surface area contributed by atoms with E-state index < -0.39 is 0 Å². The van der Waals surface area contributed by atoms with Crippen LogP contribution >= 0.6 is 34.2 Å². The maximum Gasteiger partial charge on any atom is 0.292 e. The molecule has 0 aromatic heterocycles. The molecule has 0 bridgehead atoms. The highest BCUT2D eigenvalue weighted by atomic mass is 127. The first-order valence-electron chi connectivity index (χ1n) is 9.00. The number of imide groups is 1. The molecule has 2 amide bonds. The first-order chi connectivity index (χ1) is 13.0. The van der Waals surface area contributed by atoms with Crippen molar-refractivity contribution < 1.29 is 14.5 Å². The number of carbonyl (C=O) groups is 2. The molecule has 2 aliphatic rings. The average Bonchev–Trinajstić information content (AvgIpc) is 2.98. The van der Waals surface area contributed by atoms with E-state index in [0.29, 0.717) is 12.1 Å². The summed E-state index contributed by atoms with van der Waals surface area (Å²) >= 11 is 8.18. The van der Waals surface area contributed by atoms with Crippen molar-refractivity contribution in [1.29, 1.82) is 0 Å². The van der Waals surface area contributed by atoms with Crippen LogP contribution in [0.15, 0.2) is 48.5 Å². The number of amides is 2. The van der Waals surface area contributed by atoms with Crippen LogP contribution in [0.5, 0.6) is 0 Å². The topological polar surface area (TPSA) is 45.1 Å². The van der Waals surface area contributed by atoms with Crippen LogP contribution in [0, 0.1) is 3.57 Å². The van der Waals surface area contributed by atoms with Gasteiger partial charge in [0.1, 0.15) is 0 Å². The van der Waals surface area contributed by atoms with Crippen LogP contribution in [0.2, 0.25) is 5.02 Å². The fourth-order valence-electron chi connectivity index (χ4n) is 3.86. The molecule has 0 saturated carbocycles. The molecule has 2 aromatic carbocycles. The van der Waals surface area contributed by atoms with E-state index in [1.165, 1.54) is 9.80 Å². The van der Waals surface area contributed by atoms with Crippen molar-refractivity contribution >= 4 is 57.4 Å². The predicted octanol–water partition coefficient (Wildman–Crippen LogP) is 1.98. The Bertz CT molecular complexity index is 849. The number of hydrogen-bond donors (Lipinski definition) is 1. The lowest BCUT2D eigenvalue weighted by molar-refractivity contribution is -0.915. The summed E-state index contributed by atoms with van der Waals surface area (Å²) in [6, 6.07) is 15.1. The lowest BCUT2D eigenvalue weighted by atomic mass is 10.1. The third kappa shape index (κ3) is 3.83. The van der Waals surface area contributed by atoms with E-state index in [9.17, 15) is 9.59 Å². The zero-order valence-electron chi connectivity index (χ0n) is 14.7. The van der Waals surface area contributed by atoms with E-state index in [-0.39, 0.29) is 17.9 Å². The molecule has 2 heterocycles. The van der Waals surface area contributed by atoms with Gasteiger partial charge < -0.3 is 9.80 Å². The molecule has 5 nitrogen and oxygen atoms in total. The molecule has 2 saturated heterocycles. The van der Waals surface area contributed by atoms with Gasteiger partial charge in [-0.2, -0.15) is 0 Å². The average molecular weight is 497 g/mol. The molecule has 140 valence electrons. The number of nitrogens with one attached hydrogen (secondary N) is 1. The quantitative estimate of drug-likeness (QED) is 0.522. The van der Waals surface area contributed by atoms with E-state index in [1.807, 2.05) is 48.5 Å². The largest absolute Gasteiger partial charge is 0.360 e. The van der Waals surface area contributed by atoms with Crippen LogP contribution in [0.4, 0.5) is 11.4 Å². The highest BCUT2D eigenvalue weighted by Crippen LogP contribution is 2.23. The number of piperazine rings is 1. The van der Waals surface area contributed by atoms with Crippen molar-refractivity contribution in [3.63, 3.8) is 0 Å². The lowest BCUT2D eigenvalue weighted by Crippen LogP contribution is -3.19. The van der Waals surface area contributed by atoms with Gasteiger partial charge in [-0.3, -0.25) is 9.59 Å². The van der Waals surface area contributed by atoms with Gasteiger partial charge in [-0.25, -0.2) is 4.90 Å². The van der Waals surface area contributed by atoms with Gasteiger partial charge in [0.05, 0.1) is 38.3 Å². The number of quaternary nitrogens is 1. The number of rotatable bonds is 3. The van der Waals surface area contributed by atoms with Crippen LogP contribution in [0.1, 0.15) is 6.42 Å². The summed E-state index contributed by atoms with van der Waals surface area (Å²) in [5, 5.41) is 0.730. The Balaban J connectivity index is 1.43. The van der Waals surface area contributed by atoms with Gasteiger partial charge in [-0.15, -0.1) is 0 Å². The molecule has 1 N–H and O–H groups in total. The number of halogens is 2. The Labute approximate surface area is 177 Å². The standard InChI is InChI=1S/C20H19ClIN3O2/c21-14-1-5-16(6-2-14)23-9-11-24(12-10-23)18-13-19(26)25(20(18)27)17-7-3-15(22)4-8-17/h1-8,18H,9-13H2/p+1/t18-/m0/s1. The van der Waals surface area contributed by atoms with E-state index in [1.54, 1.807) is 0 Å². The van der Waals surface area contributed by atoms with Crippen molar-refractivity contribution in [3.8, 4) is 0 Å². The number of benzene rings is 2. The SMILES string of the molecule is O=C1C[C@H]([NH+]2CCN(c3ccc(Cl)cc3)CC2)C(=O)N1c1ccc(I)cc1. The van der Waals surface area contributed by atoms with Gasteiger partial charge in [-0.05, 0) is 71.1 Å².